The Balaban J connectivity index is 0.000000250. The molecule has 4 aromatic rings. The van der Waals surface area contributed by atoms with Crippen LogP contribution in [0.2, 0.25) is 0 Å². The number of benzene rings is 4. The summed E-state index contributed by atoms with van der Waals surface area (Å²) in [4.78, 5) is 0. The number of hydrogen-bond donors (Lipinski definition) is 0. The highest BCUT2D eigenvalue weighted by molar-refractivity contribution is 7.84. The lowest BCUT2D eigenvalue weighted by Gasteiger charge is -2.32. The van der Waals surface area contributed by atoms with Crippen LogP contribution in [0.15, 0.2) is 72.8 Å². The van der Waals surface area contributed by atoms with Crippen LogP contribution < -0.4 is 0 Å². The van der Waals surface area contributed by atoms with Crippen molar-refractivity contribution < 1.29 is 9.30 Å². The number of rotatable bonds is 7. The molecule has 0 bridgehead atoms. The number of nitrogens with zero attached hydrogens (tertiary/aromatic N) is 1. The summed E-state index contributed by atoms with van der Waals surface area (Å²) < 4.78 is 21.2. The van der Waals surface area contributed by atoms with E-state index in [4.69, 9.17) is 16.0 Å². The molecule has 2 saturated heterocycles. The molecule has 0 saturated carbocycles. The van der Waals surface area contributed by atoms with Gasteiger partial charge >= 0.3 is 0 Å². The van der Waals surface area contributed by atoms with E-state index in [1.54, 1.807) is 0 Å². The molecule has 2 aliphatic heterocycles. The zero-order valence-corrected chi connectivity index (χ0v) is 36.6. The fourth-order valence-corrected chi connectivity index (χ4v) is 15.7. The van der Waals surface area contributed by atoms with Gasteiger partial charge in [-0.25, -0.2) is 0 Å². The van der Waals surface area contributed by atoms with Gasteiger partial charge in [0, 0.05) is 31.8 Å². The first-order chi connectivity index (χ1) is 24.6. The Morgan fingerprint density at radius 3 is 1.04 bits per heavy atom. The van der Waals surface area contributed by atoms with Crippen molar-refractivity contribution in [2.45, 2.75) is 125 Å². The van der Waals surface area contributed by atoms with E-state index in [9.17, 15) is 4.57 Å². The molecule has 290 valence electrons. The molecule has 0 N–H and O–H groups in total. The van der Waals surface area contributed by atoms with E-state index >= 15 is 0 Å². The second-order valence-electron chi connectivity index (χ2n) is 15.5. The van der Waals surface area contributed by atoms with Crippen molar-refractivity contribution in [1.82, 2.24) is 4.67 Å². The molecule has 4 aromatic carbocycles. The molecule has 0 radical (unpaired) electrons. The Hall–Kier alpha value is -2.25. The van der Waals surface area contributed by atoms with Gasteiger partial charge in [0.15, 0.2) is 7.29 Å². The zero-order valence-electron chi connectivity index (χ0n) is 34.0. The van der Waals surface area contributed by atoms with E-state index in [0.717, 1.165) is 26.1 Å². The third kappa shape index (κ3) is 11.4. The SMILES string of the molecule is C.CCOCC.Cc1cc(C)cc([C@@H]2CC[C@@H](c3cc(C)cc(C)c3)P2(=O)N(C)C)c1.Cc1cc(C)cc([C@@H]2CC[C@@H](c3cc(C)cc(C)c3)P2Cl)c1. The van der Waals surface area contributed by atoms with Crippen molar-refractivity contribution >= 4 is 25.8 Å². The number of ether oxygens (including phenoxy) is 1. The lowest BCUT2D eigenvalue weighted by atomic mass is 9.99. The van der Waals surface area contributed by atoms with Crippen LogP contribution >= 0.6 is 25.8 Å². The predicted octanol–water partition coefficient (Wildman–Crippen LogP) is 15.1. The van der Waals surface area contributed by atoms with Crippen molar-refractivity contribution in [2.75, 3.05) is 27.3 Å². The average molecular weight is 776 g/mol. The van der Waals surface area contributed by atoms with Gasteiger partial charge in [0.05, 0.1) is 11.3 Å². The summed E-state index contributed by atoms with van der Waals surface area (Å²) >= 11 is 6.99. The minimum Gasteiger partial charge on any atom is -0.382 e. The first-order valence-corrected chi connectivity index (χ1v) is 23.4. The molecular weight excluding hydrogens is 708 g/mol. The van der Waals surface area contributed by atoms with E-state index < -0.39 is 14.6 Å². The second kappa shape index (κ2) is 20.1. The van der Waals surface area contributed by atoms with Crippen LogP contribution in [-0.4, -0.2) is 32.0 Å². The summed E-state index contributed by atoms with van der Waals surface area (Å²) in [6, 6.07) is 27.1. The zero-order chi connectivity index (χ0) is 38.3. The molecular formula is C47H68ClNO2P2. The lowest BCUT2D eigenvalue weighted by Crippen LogP contribution is -2.15. The molecule has 0 aromatic heterocycles. The number of halogens is 1. The maximum Gasteiger partial charge on any atom is 0.164 e. The average Bonchev–Trinajstić information content (AvgIpc) is 3.61. The molecule has 0 amide bonds. The van der Waals surface area contributed by atoms with Gasteiger partial charge in [-0.1, -0.05) is 136 Å². The highest BCUT2D eigenvalue weighted by Gasteiger charge is 2.49. The quantitative estimate of drug-likeness (QED) is 0.175. The van der Waals surface area contributed by atoms with Crippen molar-refractivity contribution in [3.63, 3.8) is 0 Å². The summed E-state index contributed by atoms with van der Waals surface area (Å²) in [5.41, 5.74) is 17.2. The minimum atomic E-state index is -2.55. The van der Waals surface area contributed by atoms with Crippen LogP contribution in [0.1, 0.15) is 136 Å². The third-order valence-corrected chi connectivity index (χ3v) is 18.3. The smallest absolute Gasteiger partial charge is 0.164 e. The predicted molar refractivity (Wildman–Crippen MR) is 236 cm³/mol. The van der Waals surface area contributed by atoms with Crippen LogP contribution in [0.3, 0.4) is 0 Å². The fourth-order valence-electron chi connectivity index (χ4n) is 8.63. The Labute approximate surface area is 330 Å². The lowest BCUT2D eigenvalue weighted by molar-refractivity contribution is 0.162. The van der Waals surface area contributed by atoms with Gasteiger partial charge in [-0.3, -0.25) is 4.67 Å². The molecule has 4 atom stereocenters. The molecule has 0 spiro atoms. The van der Waals surface area contributed by atoms with E-state index in [-0.39, 0.29) is 18.7 Å². The van der Waals surface area contributed by atoms with Gasteiger partial charge in [-0.15, -0.1) is 0 Å². The van der Waals surface area contributed by atoms with Gasteiger partial charge in [0.25, 0.3) is 0 Å². The Kier molecular flexibility index (Phi) is 17.1. The Morgan fingerprint density at radius 2 is 0.811 bits per heavy atom. The number of aryl methyl sites for hydroxylation is 8. The molecule has 2 fully saturated rings. The Morgan fingerprint density at radius 1 is 0.547 bits per heavy atom. The third-order valence-electron chi connectivity index (χ3n) is 10.5. The standard InChI is InChI=1S/C22H30NOP.C20H24ClP.C4H10O.CH4/c1-15-9-16(2)12-19(11-15)21-7-8-22(25(21,24)23(5)6)20-13-17(3)10-18(4)14-20;1-13-7-14(2)10-17(9-13)19-5-6-20(22(19)21)18-11-15(3)8-16(4)12-18;1-3-5-4-2;/h9-14,21-22H,7-8H2,1-6H3;7-12,19-20H,5-6H2,1-4H3;3-4H2,1-2H3;1H4/t21-,22-;19-,20-;;/m00../s1. The van der Waals surface area contributed by atoms with E-state index in [1.807, 2.05) is 32.6 Å². The molecule has 2 heterocycles. The minimum absolute atomic E-state index is 0. The molecule has 3 nitrogen and oxygen atoms in total. The molecule has 6 heteroatoms. The fraction of sp³-hybridized carbons (Fsp3) is 0.489. The first kappa shape index (κ1) is 45.1. The second-order valence-corrected chi connectivity index (χ2v) is 22.0. The maximum absolute atomic E-state index is 14.3. The highest BCUT2D eigenvalue weighted by Crippen LogP contribution is 2.77. The van der Waals surface area contributed by atoms with Crippen LogP contribution in [0.5, 0.6) is 0 Å². The normalized spacial score (nSPS) is 20.6. The van der Waals surface area contributed by atoms with Gasteiger partial charge < -0.3 is 9.30 Å². The van der Waals surface area contributed by atoms with Crippen LogP contribution in [-0.2, 0) is 9.30 Å². The van der Waals surface area contributed by atoms with Crippen LogP contribution in [0, 0.1) is 55.4 Å². The summed E-state index contributed by atoms with van der Waals surface area (Å²) in [7, 11) is 0.921. The van der Waals surface area contributed by atoms with Gasteiger partial charge in [-0.05, 0) is 131 Å². The first-order valence-electron chi connectivity index (χ1n) is 19.2. The largest absolute Gasteiger partial charge is 0.382 e. The van der Waals surface area contributed by atoms with Crippen molar-refractivity contribution in [2.24, 2.45) is 0 Å². The Bertz CT molecular complexity index is 1650. The van der Waals surface area contributed by atoms with E-state index in [1.165, 1.54) is 79.6 Å². The summed E-state index contributed by atoms with van der Waals surface area (Å²) in [5.74, 6) is 0. The molecule has 0 unspecified atom stereocenters. The summed E-state index contributed by atoms with van der Waals surface area (Å²) in [6.07, 6.45) is 4.43. The summed E-state index contributed by atoms with van der Waals surface area (Å²) in [5, 5.41) is 0. The van der Waals surface area contributed by atoms with Crippen LogP contribution in [0.4, 0.5) is 0 Å². The van der Waals surface area contributed by atoms with Gasteiger partial charge in [0.1, 0.15) is 0 Å². The monoisotopic (exact) mass is 775 g/mol. The molecule has 2 aliphatic rings. The van der Waals surface area contributed by atoms with E-state index in [2.05, 4.69) is 128 Å². The van der Waals surface area contributed by atoms with Gasteiger partial charge in [-0.2, -0.15) is 0 Å². The maximum atomic E-state index is 14.3. The molecule has 0 aliphatic carbocycles. The van der Waals surface area contributed by atoms with Gasteiger partial charge in [0.2, 0.25) is 0 Å². The van der Waals surface area contributed by atoms with Crippen molar-refractivity contribution in [1.29, 1.82) is 0 Å². The highest BCUT2D eigenvalue weighted by atomic mass is 35.7. The van der Waals surface area contributed by atoms with Crippen molar-refractivity contribution in [3.8, 4) is 0 Å². The summed E-state index contributed by atoms with van der Waals surface area (Å²) in [6.45, 7) is 22.9. The van der Waals surface area contributed by atoms with Crippen LogP contribution in [0.25, 0.3) is 0 Å². The molecule has 6 rings (SSSR count). The molecule has 53 heavy (non-hydrogen) atoms. The number of hydrogen-bond acceptors (Lipinski definition) is 2. The topological polar surface area (TPSA) is 29.5 Å². The van der Waals surface area contributed by atoms with Crippen molar-refractivity contribution in [3.05, 3.63) is 140 Å². The van der Waals surface area contributed by atoms with E-state index in [0.29, 0.717) is 11.3 Å².